The van der Waals surface area contributed by atoms with Gasteiger partial charge in [0.15, 0.2) is 0 Å². The molecule has 0 atom stereocenters. The van der Waals surface area contributed by atoms with Gasteiger partial charge < -0.3 is 15.2 Å². The summed E-state index contributed by atoms with van der Waals surface area (Å²) in [6.45, 7) is 5.60. The maximum Gasteiger partial charge on any atom is 0.138 e. The first-order chi connectivity index (χ1) is 8.16. The minimum atomic E-state index is 0.0383. The van der Waals surface area contributed by atoms with E-state index in [2.05, 4.69) is 15.3 Å². The molecule has 0 saturated carbocycles. The Balaban J connectivity index is 2.55. The van der Waals surface area contributed by atoms with Crippen molar-refractivity contribution < 1.29 is 9.84 Å². The summed E-state index contributed by atoms with van der Waals surface area (Å²) < 4.78 is 5.15. The van der Waals surface area contributed by atoms with Gasteiger partial charge in [-0.05, 0) is 5.92 Å². The van der Waals surface area contributed by atoms with Crippen LogP contribution in [0.2, 0.25) is 5.15 Å². The zero-order chi connectivity index (χ0) is 12.7. The summed E-state index contributed by atoms with van der Waals surface area (Å²) >= 11 is 6.03. The Morgan fingerprint density at radius 1 is 1.41 bits per heavy atom. The zero-order valence-corrected chi connectivity index (χ0v) is 10.9. The van der Waals surface area contributed by atoms with Crippen molar-refractivity contribution in [2.75, 3.05) is 31.7 Å². The minimum absolute atomic E-state index is 0.0383. The second-order valence-corrected chi connectivity index (χ2v) is 4.20. The predicted molar refractivity (Wildman–Crippen MR) is 67.5 cm³/mol. The van der Waals surface area contributed by atoms with Gasteiger partial charge in [0.25, 0.3) is 0 Å². The van der Waals surface area contributed by atoms with Gasteiger partial charge in [0.2, 0.25) is 0 Å². The Morgan fingerprint density at radius 3 is 2.82 bits per heavy atom. The molecule has 0 aromatic carbocycles. The second-order valence-electron chi connectivity index (χ2n) is 3.84. The molecule has 0 amide bonds. The molecule has 0 saturated heterocycles. The fraction of sp³-hybridized carbons (Fsp3) is 0.636. The normalized spacial score (nSPS) is 10.9. The third-order valence-corrected chi connectivity index (χ3v) is 2.49. The third-order valence-electron chi connectivity index (χ3n) is 2.19. The molecule has 0 unspecified atom stereocenters. The number of anilines is 1. The second kappa shape index (κ2) is 7.42. The molecule has 6 heteroatoms. The number of ether oxygens (including phenoxy) is 1. The molecule has 1 aromatic rings. The van der Waals surface area contributed by atoms with Crippen molar-refractivity contribution in [2.24, 2.45) is 0 Å². The van der Waals surface area contributed by atoms with Gasteiger partial charge in [-0.25, -0.2) is 9.97 Å². The van der Waals surface area contributed by atoms with Gasteiger partial charge in [0.05, 0.1) is 19.8 Å². The van der Waals surface area contributed by atoms with E-state index in [1.807, 2.05) is 13.8 Å². The lowest BCUT2D eigenvalue weighted by Crippen LogP contribution is -2.14. The quantitative estimate of drug-likeness (QED) is 0.576. The van der Waals surface area contributed by atoms with E-state index in [4.69, 9.17) is 21.4 Å². The molecule has 0 radical (unpaired) electrons. The zero-order valence-electron chi connectivity index (χ0n) is 10.1. The van der Waals surface area contributed by atoms with E-state index < -0.39 is 0 Å². The number of nitrogens with one attached hydrogen (secondary N) is 1. The summed E-state index contributed by atoms with van der Waals surface area (Å²) in [5.74, 6) is 0.997. The van der Waals surface area contributed by atoms with Crippen molar-refractivity contribution in [3.05, 3.63) is 17.0 Å². The van der Waals surface area contributed by atoms with Crippen LogP contribution in [-0.4, -0.2) is 41.4 Å². The first-order valence-electron chi connectivity index (χ1n) is 5.59. The highest BCUT2D eigenvalue weighted by atomic mass is 35.5. The maximum atomic E-state index is 8.55. The Bertz CT molecular complexity index is 347. The van der Waals surface area contributed by atoms with E-state index in [0.29, 0.717) is 24.9 Å². The topological polar surface area (TPSA) is 67.3 Å². The molecule has 0 aliphatic heterocycles. The van der Waals surface area contributed by atoms with E-state index in [1.54, 1.807) is 0 Å². The average Bonchev–Trinajstić information content (AvgIpc) is 2.28. The van der Waals surface area contributed by atoms with E-state index >= 15 is 0 Å². The monoisotopic (exact) mass is 259 g/mol. The van der Waals surface area contributed by atoms with Gasteiger partial charge in [-0.3, -0.25) is 0 Å². The van der Waals surface area contributed by atoms with Gasteiger partial charge in [-0.2, -0.15) is 0 Å². The summed E-state index contributed by atoms with van der Waals surface area (Å²) in [5, 5.41) is 12.2. The van der Waals surface area contributed by atoms with Gasteiger partial charge in [-0.15, -0.1) is 0 Å². The van der Waals surface area contributed by atoms with Crippen LogP contribution in [0, 0.1) is 0 Å². The number of aliphatic hydroxyl groups excluding tert-OH is 1. The van der Waals surface area contributed by atoms with Crippen molar-refractivity contribution in [2.45, 2.75) is 19.8 Å². The van der Waals surface area contributed by atoms with Crippen LogP contribution in [0.3, 0.4) is 0 Å². The smallest absolute Gasteiger partial charge is 0.138 e. The average molecular weight is 260 g/mol. The summed E-state index contributed by atoms with van der Waals surface area (Å²) in [7, 11) is 0. The Hall–Kier alpha value is -0.910. The Morgan fingerprint density at radius 2 is 2.18 bits per heavy atom. The van der Waals surface area contributed by atoms with Crippen LogP contribution in [0.15, 0.2) is 6.33 Å². The van der Waals surface area contributed by atoms with Crippen LogP contribution in [0.4, 0.5) is 5.82 Å². The summed E-state index contributed by atoms with van der Waals surface area (Å²) in [5.41, 5.74) is 0.913. The van der Waals surface area contributed by atoms with Crippen LogP contribution >= 0.6 is 11.6 Å². The van der Waals surface area contributed by atoms with Crippen LogP contribution in [0.1, 0.15) is 25.3 Å². The molecule has 0 bridgehead atoms. The van der Waals surface area contributed by atoms with Crippen molar-refractivity contribution >= 4 is 17.4 Å². The molecule has 1 heterocycles. The van der Waals surface area contributed by atoms with Gasteiger partial charge >= 0.3 is 0 Å². The van der Waals surface area contributed by atoms with E-state index in [-0.39, 0.29) is 12.5 Å². The standard InChI is InChI=1S/C11H18ClN3O2/c1-8(2)9-10(12)14-7-15-11(9)13-3-5-17-6-4-16/h7-8,16H,3-6H2,1-2H3,(H,13,14,15). The highest BCUT2D eigenvalue weighted by Crippen LogP contribution is 2.27. The molecule has 1 rings (SSSR count). The van der Waals surface area contributed by atoms with Crippen molar-refractivity contribution in [3.8, 4) is 0 Å². The van der Waals surface area contributed by atoms with E-state index in [9.17, 15) is 0 Å². The highest BCUT2D eigenvalue weighted by molar-refractivity contribution is 6.30. The van der Waals surface area contributed by atoms with Gasteiger partial charge in [0, 0.05) is 12.1 Å². The van der Waals surface area contributed by atoms with Crippen LogP contribution in [0.5, 0.6) is 0 Å². The number of aliphatic hydroxyl groups is 1. The number of halogens is 1. The third kappa shape index (κ3) is 4.46. The minimum Gasteiger partial charge on any atom is -0.394 e. The fourth-order valence-corrected chi connectivity index (χ4v) is 1.79. The lowest BCUT2D eigenvalue weighted by Gasteiger charge is -2.14. The molecule has 0 spiro atoms. The molecule has 96 valence electrons. The summed E-state index contributed by atoms with van der Waals surface area (Å²) in [4.78, 5) is 8.14. The molecule has 0 aliphatic carbocycles. The first-order valence-corrected chi connectivity index (χ1v) is 5.97. The number of nitrogens with zero attached hydrogens (tertiary/aromatic N) is 2. The lowest BCUT2D eigenvalue weighted by atomic mass is 10.1. The van der Waals surface area contributed by atoms with E-state index in [1.165, 1.54) is 6.33 Å². The predicted octanol–water partition coefficient (Wildman–Crippen LogP) is 1.67. The molecule has 2 N–H and O–H groups in total. The van der Waals surface area contributed by atoms with Crippen LogP contribution < -0.4 is 5.32 Å². The van der Waals surface area contributed by atoms with Crippen LogP contribution in [-0.2, 0) is 4.74 Å². The van der Waals surface area contributed by atoms with Crippen LogP contribution in [0.25, 0.3) is 0 Å². The summed E-state index contributed by atoms with van der Waals surface area (Å²) in [6, 6.07) is 0. The van der Waals surface area contributed by atoms with E-state index in [0.717, 1.165) is 11.4 Å². The van der Waals surface area contributed by atoms with Crippen molar-refractivity contribution in [1.82, 2.24) is 9.97 Å². The van der Waals surface area contributed by atoms with Gasteiger partial charge in [-0.1, -0.05) is 25.4 Å². The van der Waals surface area contributed by atoms with Gasteiger partial charge in [0.1, 0.15) is 17.3 Å². The first kappa shape index (κ1) is 14.2. The number of hydrogen-bond acceptors (Lipinski definition) is 5. The van der Waals surface area contributed by atoms with Crippen molar-refractivity contribution in [3.63, 3.8) is 0 Å². The fourth-order valence-electron chi connectivity index (χ4n) is 1.43. The Labute approximate surface area is 106 Å². The highest BCUT2D eigenvalue weighted by Gasteiger charge is 2.12. The molecular weight excluding hydrogens is 242 g/mol. The SMILES string of the molecule is CC(C)c1c(Cl)ncnc1NCCOCCO. The molecule has 17 heavy (non-hydrogen) atoms. The number of hydrogen-bond donors (Lipinski definition) is 2. The summed E-state index contributed by atoms with van der Waals surface area (Å²) in [6.07, 6.45) is 1.44. The largest absolute Gasteiger partial charge is 0.394 e. The molecule has 1 aromatic heterocycles. The molecule has 0 fully saturated rings. The lowest BCUT2D eigenvalue weighted by molar-refractivity contribution is 0.0992. The number of aromatic nitrogens is 2. The van der Waals surface area contributed by atoms with Crippen molar-refractivity contribution in [1.29, 1.82) is 0 Å². The molecule has 0 aliphatic rings. The molecule has 5 nitrogen and oxygen atoms in total. The molecular formula is C11H18ClN3O2. The number of rotatable bonds is 7. The maximum absolute atomic E-state index is 8.55. The Kier molecular flexibility index (Phi) is 6.18.